The van der Waals surface area contributed by atoms with Crippen molar-refractivity contribution in [3.63, 3.8) is 0 Å². The Morgan fingerprint density at radius 1 is 0.577 bits per heavy atom. The monoisotopic (exact) mass is 754 g/mol. The van der Waals surface area contributed by atoms with Crippen LogP contribution in [0, 0.1) is 0 Å². The molecule has 0 fully saturated rings. The standard InChI is InChI=1S/C14H10S8Se4/c1-15-5-6(16-2)18-7(17-5)8-19-9-10(20-8)22-11(21-9)12-25-13-14(26-12)24-4-3-23-13/h3-4H2,1-2H3. The van der Waals surface area contributed by atoms with E-state index in [1.54, 1.807) is 12.7 Å². The summed E-state index contributed by atoms with van der Waals surface area (Å²) in [4.78, 5) is 0. The summed E-state index contributed by atoms with van der Waals surface area (Å²) >= 11 is 19.2. The molecule has 0 unspecified atom stereocenters. The Morgan fingerprint density at radius 3 is 1.46 bits per heavy atom. The van der Waals surface area contributed by atoms with Crippen LogP contribution in [-0.4, -0.2) is 72.3 Å². The number of thioether (sulfide) groups is 8. The fraction of sp³-hybridized carbons (Fsp3) is 0.286. The summed E-state index contributed by atoms with van der Waals surface area (Å²) in [5, 5.41) is 3.06. The van der Waals surface area contributed by atoms with E-state index in [-0.39, 0.29) is 0 Å². The van der Waals surface area contributed by atoms with Gasteiger partial charge in [0.1, 0.15) is 0 Å². The second-order valence-electron chi connectivity index (χ2n) is 4.80. The number of hydrogen-bond donors (Lipinski definition) is 0. The minimum absolute atomic E-state index is 0.727. The second-order valence-corrected chi connectivity index (χ2v) is 27.2. The van der Waals surface area contributed by atoms with Gasteiger partial charge in [0.25, 0.3) is 0 Å². The Kier molecular flexibility index (Phi) is 7.91. The molecule has 0 radical (unpaired) electrons. The first-order chi connectivity index (χ1) is 12.7. The summed E-state index contributed by atoms with van der Waals surface area (Å²) in [7, 11) is 0. The van der Waals surface area contributed by atoms with Gasteiger partial charge in [-0.05, 0) is 0 Å². The molecular weight excluding hydrogens is 741 g/mol. The van der Waals surface area contributed by atoms with Gasteiger partial charge in [0, 0.05) is 0 Å². The van der Waals surface area contributed by atoms with Crippen LogP contribution in [0.2, 0.25) is 10.6 Å². The molecule has 5 rings (SSSR count). The first kappa shape index (κ1) is 21.4. The molecule has 5 aliphatic rings. The predicted molar refractivity (Wildman–Crippen MR) is 140 cm³/mol. The molecule has 5 aliphatic heterocycles. The summed E-state index contributed by atoms with van der Waals surface area (Å²) < 4.78 is 16.6. The van der Waals surface area contributed by atoms with Gasteiger partial charge in [-0.3, -0.25) is 0 Å². The molecule has 0 aliphatic carbocycles. The van der Waals surface area contributed by atoms with Crippen molar-refractivity contribution in [3.8, 4) is 0 Å². The fourth-order valence-electron chi connectivity index (χ4n) is 2.16. The predicted octanol–water partition coefficient (Wildman–Crippen LogP) is 6.47. The van der Waals surface area contributed by atoms with Gasteiger partial charge in [-0.2, -0.15) is 0 Å². The van der Waals surface area contributed by atoms with Gasteiger partial charge in [-0.25, -0.2) is 0 Å². The third-order valence-electron chi connectivity index (χ3n) is 3.24. The molecule has 0 aromatic heterocycles. The van der Waals surface area contributed by atoms with E-state index in [9.17, 15) is 0 Å². The van der Waals surface area contributed by atoms with Gasteiger partial charge >= 0.3 is 217 Å². The van der Waals surface area contributed by atoms with Crippen LogP contribution in [-0.2, 0) is 0 Å². The van der Waals surface area contributed by atoms with Crippen LogP contribution in [0.25, 0.3) is 0 Å². The Balaban J connectivity index is 1.27. The van der Waals surface area contributed by atoms with Crippen molar-refractivity contribution in [2.45, 2.75) is 10.6 Å². The molecule has 5 heterocycles. The zero-order valence-electron chi connectivity index (χ0n) is 13.3. The topological polar surface area (TPSA) is 0 Å². The van der Waals surface area contributed by atoms with Crippen LogP contribution in [0.1, 0.15) is 0 Å². The van der Waals surface area contributed by atoms with E-state index in [0.29, 0.717) is 0 Å². The average molecular weight is 751 g/mol. The van der Waals surface area contributed by atoms with Crippen molar-refractivity contribution < 1.29 is 0 Å². The van der Waals surface area contributed by atoms with E-state index < -0.39 is 0 Å². The third-order valence-corrected chi connectivity index (χ3v) is 32.9. The summed E-state index contributed by atoms with van der Waals surface area (Å²) in [6, 6.07) is 0. The van der Waals surface area contributed by atoms with Crippen molar-refractivity contribution in [1.29, 1.82) is 0 Å². The zero-order chi connectivity index (χ0) is 17.7. The van der Waals surface area contributed by atoms with Crippen LogP contribution in [0.5, 0.6) is 0 Å². The maximum atomic E-state index is 2.20. The summed E-state index contributed by atoms with van der Waals surface area (Å²) in [6.45, 7) is 0. The molecule has 138 valence electrons. The van der Waals surface area contributed by atoms with Gasteiger partial charge in [-0.15, -0.1) is 0 Å². The van der Waals surface area contributed by atoms with E-state index in [4.69, 9.17) is 0 Å². The van der Waals surface area contributed by atoms with Crippen LogP contribution >= 0.6 is 94.1 Å². The summed E-state index contributed by atoms with van der Waals surface area (Å²) in [6.07, 6.45) is 4.40. The molecule has 0 bridgehead atoms. The number of rotatable bonds is 2. The molecule has 0 nitrogen and oxygen atoms in total. The zero-order valence-corrected chi connectivity index (χ0v) is 26.7. The van der Waals surface area contributed by atoms with Crippen LogP contribution < -0.4 is 0 Å². The van der Waals surface area contributed by atoms with Crippen molar-refractivity contribution >= 4 is 154 Å². The second kappa shape index (κ2) is 9.60. The molecular formula is C14H10S8Se4. The number of hydrogen-bond acceptors (Lipinski definition) is 8. The van der Waals surface area contributed by atoms with Crippen LogP contribution in [0.3, 0.4) is 0 Å². The first-order valence-corrected chi connectivity index (χ1v) is 22.1. The maximum absolute atomic E-state index is 2.20. The van der Waals surface area contributed by atoms with Crippen molar-refractivity contribution in [2.75, 3.05) is 12.5 Å². The Labute approximate surface area is 213 Å². The minimum atomic E-state index is 0.727. The molecule has 0 amide bonds. The Morgan fingerprint density at radius 2 is 1.00 bits per heavy atom. The SMILES string of the molecule is CSC1=C(SC)SC(=C2SC3=C(S2)SC(=C2[Se]C4=C([Se]CC[Se]4)[Se]2)S3)S1. The molecule has 0 saturated carbocycles. The molecule has 0 N–H and O–H groups in total. The Hall–Kier alpha value is 3.58. The van der Waals surface area contributed by atoms with E-state index in [0.717, 1.165) is 59.8 Å². The van der Waals surface area contributed by atoms with Gasteiger partial charge in [0.2, 0.25) is 0 Å². The van der Waals surface area contributed by atoms with Gasteiger partial charge in [0.15, 0.2) is 0 Å². The van der Waals surface area contributed by atoms with Gasteiger partial charge < -0.3 is 0 Å². The van der Waals surface area contributed by atoms with Crippen molar-refractivity contribution in [3.05, 3.63) is 39.8 Å². The van der Waals surface area contributed by atoms with Crippen molar-refractivity contribution in [1.82, 2.24) is 0 Å². The first-order valence-electron chi connectivity index (χ1n) is 7.23. The molecule has 0 aromatic rings. The summed E-state index contributed by atoms with van der Waals surface area (Å²) in [5.41, 5.74) is 0. The molecule has 0 aromatic carbocycles. The normalized spacial score (nSPS) is 26.1. The van der Waals surface area contributed by atoms with Crippen LogP contribution in [0.4, 0.5) is 0 Å². The van der Waals surface area contributed by atoms with Gasteiger partial charge in [-0.1, -0.05) is 0 Å². The molecule has 12 heteroatoms. The summed E-state index contributed by atoms with van der Waals surface area (Å²) in [5.74, 6) is 0. The van der Waals surface area contributed by atoms with E-state index in [2.05, 4.69) is 36.0 Å². The third kappa shape index (κ3) is 4.39. The van der Waals surface area contributed by atoms with E-state index in [1.165, 1.54) is 27.6 Å². The molecule has 0 atom stereocenters. The van der Waals surface area contributed by atoms with E-state index in [1.807, 2.05) is 80.7 Å². The average Bonchev–Trinajstić information content (AvgIpc) is 3.39. The van der Waals surface area contributed by atoms with E-state index >= 15 is 0 Å². The van der Waals surface area contributed by atoms with Gasteiger partial charge in [0.05, 0.1) is 0 Å². The fourth-order valence-corrected chi connectivity index (χ4v) is 34.9. The molecule has 26 heavy (non-hydrogen) atoms. The van der Waals surface area contributed by atoms with Crippen LogP contribution in [0.15, 0.2) is 39.8 Å². The molecule has 0 spiro atoms. The quantitative estimate of drug-likeness (QED) is 0.292. The Bertz CT molecular complexity index is 732. The molecule has 0 saturated heterocycles. The van der Waals surface area contributed by atoms with Crippen molar-refractivity contribution in [2.24, 2.45) is 0 Å².